The average Bonchev–Trinajstić information content (AvgIpc) is 2.84. The maximum atomic E-state index is 12.6. The van der Waals surface area contributed by atoms with Gasteiger partial charge in [0.05, 0.1) is 12.6 Å². The number of phenols is 1. The van der Waals surface area contributed by atoms with Crippen LogP contribution in [0.4, 0.5) is 0 Å². The Morgan fingerprint density at radius 1 is 0.972 bits per heavy atom. The lowest BCUT2D eigenvalue weighted by atomic mass is 10.0. The number of nitrogens with zero attached hydrogens (tertiary/aromatic N) is 1. The molecule has 0 fully saturated rings. The van der Waals surface area contributed by atoms with Gasteiger partial charge in [0.2, 0.25) is 17.7 Å². The van der Waals surface area contributed by atoms with E-state index >= 15 is 0 Å². The second-order valence-corrected chi connectivity index (χ2v) is 8.71. The Kier molecular flexibility index (Phi) is 10.4. The molecule has 2 rings (SSSR count). The molecule has 2 aromatic carbocycles. The van der Waals surface area contributed by atoms with E-state index in [4.69, 9.17) is 0 Å². The van der Waals surface area contributed by atoms with Crippen molar-refractivity contribution in [2.24, 2.45) is 0 Å². The minimum absolute atomic E-state index is 0.125. The molecule has 0 saturated heterocycles. The molecule has 0 unspecified atom stereocenters. The summed E-state index contributed by atoms with van der Waals surface area (Å²) >= 11 is 0. The molecule has 36 heavy (non-hydrogen) atoms. The lowest BCUT2D eigenvalue weighted by Gasteiger charge is -2.25. The second kappa shape index (κ2) is 13.2. The van der Waals surface area contributed by atoms with E-state index in [2.05, 4.69) is 16.0 Å². The third kappa shape index (κ3) is 8.38. The average molecular weight is 499 g/mol. The zero-order valence-corrected chi connectivity index (χ0v) is 20.9. The van der Waals surface area contributed by atoms with E-state index in [1.54, 1.807) is 25.2 Å². The summed E-state index contributed by atoms with van der Waals surface area (Å²) in [6.45, 7) is 2.98. The highest BCUT2D eigenvalue weighted by molar-refractivity contribution is 5.92. The molecular formula is C26H34N4O6. The van der Waals surface area contributed by atoms with Gasteiger partial charge in [-0.1, -0.05) is 42.0 Å². The Labute approximate surface area is 210 Å². The van der Waals surface area contributed by atoms with E-state index in [-0.39, 0.29) is 12.2 Å². The number of carbonyl (C=O) groups is 4. The summed E-state index contributed by atoms with van der Waals surface area (Å²) in [5.74, 6) is -2.57. The molecule has 194 valence electrons. The Morgan fingerprint density at radius 2 is 1.64 bits per heavy atom. The molecule has 0 bridgehead atoms. The summed E-state index contributed by atoms with van der Waals surface area (Å²) in [6.07, 6.45) is 0.476. The number of benzene rings is 2. The molecule has 0 heterocycles. The van der Waals surface area contributed by atoms with E-state index in [9.17, 15) is 29.4 Å². The SMILES string of the molecule is CN[C@@H](Cc1ccc(O)cc1)C(=O)N[C@H](C)C(=O)NCC(=O)N(C)[C@@H](Cc1cccc(C)c1)C(=O)O. The maximum absolute atomic E-state index is 12.6. The fraction of sp³-hybridized carbons (Fsp3) is 0.385. The summed E-state index contributed by atoms with van der Waals surface area (Å²) in [5.41, 5.74) is 2.60. The van der Waals surface area contributed by atoms with Crippen LogP contribution in [0.3, 0.4) is 0 Å². The zero-order valence-electron chi connectivity index (χ0n) is 20.9. The van der Waals surface area contributed by atoms with Gasteiger partial charge in [0.1, 0.15) is 17.8 Å². The zero-order chi connectivity index (χ0) is 26.8. The molecule has 0 radical (unpaired) electrons. The minimum atomic E-state index is -1.15. The van der Waals surface area contributed by atoms with Crippen LogP contribution in [0.2, 0.25) is 0 Å². The topological polar surface area (TPSA) is 148 Å². The summed E-state index contributed by atoms with van der Waals surface area (Å²) in [6, 6.07) is 11.2. The van der Waals surface area contributed by atoms with Crippen molar-refractivity contribution in [2.75, 3.05) is 20.6 Å². The fourth-order valence-corrected chi connectivity index (χ4v) is 3.64. The van der Waals surface area contributed by atoms with Crippen LogP contribution in [0.25, 0.3) is 0 Å². The van der Waals surface area contributed by atoms with Gasteiger partial charge in [-0.05, 0) is 50.6 Å². The van der Waals surface area contributed by atoms with Crippen molar-refractivity contribution in [3.63, 3.8) is 0 Å². The van der Waals surface area contributed by atoms with Gasteiger partial charge < -0.3 is 31.1 Å². The Hall–Kier alpha value is -3.92. The van der Waals surface area contributed by atoms with Crippen molar-refractivity contribution in [3.05, 3.63) is 65.2 Å². The number of hydrogen-bond donors (Lipinski definition) is 5. The normalized spacial score (nSPS) is 13.2. The first kappa shape index (κ1) is 28.3. The minimum Gasteiger partial charge on any atom is -0.508 e. The molecule has 3 amide bonds. The molecule has 0 aliphatic carbocycles. The number of carboxylic acids is 1. The molecule has 0 aromatic heterocycles. The number of likely N-dealkylation sites (N-methyl/N-ethyl adjacent to an activating group) is 2. The quantitative estimate of drug-likeness (QED) is 0.288. The van der Waals surface area contributed by atoms with Crippen molar-refractivity contribution in [1.82, 2.24) is 20.9 Å². The summed E-state index contributed by atoms with van der Waals surface area (Å²) < 4.78 is 0. The lowest BCUT2D eigenvalue weighted by molar-refractivity contribution is -0.148. The van der Waals surface area contributed by atoms with Crippen molar-refractivity contribution >= 4 is 23.7 Å². The van der Waals surface area contributed by atoms with Crippen molar-refractivity contribution in [1.29, 1.82) is 0 Å². The second-order valence-electron chi connectivity index (χ2n) is 8.71. The van der Waals surface area contributed by atoms with Gasteiger partial charge in [0.25, 0.3) is 0 Å². The maximum Gasteiger partial charge on any atom is 0.326 e. The first-order chi connectivity index (χ1) is 17.0. The predicted octanol–water partition coefficient (Wildman–Crippen LogP) is 0.606. The van der Waals surface area contributed by atoms with Gasteiger partial charge in [-0.15, -0.1) is 0 Å². The highest BCUT2D eigenvalue weighted by Crippen LogP contribution is 2.12. The Morgan fingerprint density at radius 3 is 2.22 bits per heavy atom. The fourth-order valence-electron chi connectivity index (χ4n) is 3.64. The van der Waals surface area contributed by atoms with Crippen LogP contribution in [-0.4, -0.2) is 77.6 Å². The van der Waals surface area contributed by atoms with Gasteiger partial charge >= 0.3 is 5.97 Å². The van der Waals surface area contributed by atoms with Crippen LogP contribution >= 0.6 is 0 Å². The lowest BCUT2D eigenvalue weighted by Crippen LogP contribution is -2.53. The molecule has 5 N–H and O–H groups in total. The van der Waals surface area contributed by atoms with Crippen molar-refractivity contribution < 1.29 is 29.4 Å². The first-order valence-electron chi connectivity index (χ1n) is 11.6. The van der Waals surface area contributed by atoms with Crippen LogP contribution in [0.1, 0.15) is 23.6 Å². The number of aromatic hydroxyl groups is 1. The van der Waals surface area contributed by atoms with Gasteiger partial charge in [-0.25, -0.2) is 4.79 Å². The molecule has 0 spiro atoms. The van der Waals surface area contributed by atoms with Crippen molar-refractivity contribution in [2.45, 2.75) is 44.8 Å². The Bertz CT molecular complexity index is 1070. The number of rotatable bonds is 12. The standard InChI is InChI=1S/C26H34N4O6/c1-16-6-5-7-19(12-16)14-22(26(35)36)30(4)23(32)15-28-24(33)17(2)29-25(34)21(27-3)13-18-8-10-20(31)11-9-18/h5-12,17,21-22,27,31H,13-15H2,1-4H3,(H,28,33)(H,29,34)(H,35,36)/t17-,21+,22+/m1/s1. The predicted molar refractivity (Wildman–Crippen MR) is 134 cm³/mol. The van der Waals surface area contributed by atoms with E-state index in [0.717, 1.165) is 21.6 Å². The number of carbonyl (C=O) groups excluding carboxylic acids is 3. The third-order valence-corrected chi connectivity index (χ3v) is 5.86. The number of aliphatic carboxylic acids is 1. The number of hydrogen-bond acceptors (Lipinski definition) is 6. The van der Waals surface area contributed by atoms with Crippen LogP contribution < -0.4 is 16.0 Å². The molecule has 10 heteroatoms. The smallest absolute Gasteiger partial charge is 0.326 e. The van der Waals surface area contributed by atoms with Gasteiger partial charge in [-0.2, -0.15) is 0 Å². The molecular weight excluding hydrogens is 464 g/mol. The Balaban J connectivity index is 1.89. The number of nitrogens with one attached hydrogen (secondary N) is 3. The van der Waals surface area contributed by atoms with Gasteiger partial charge in [0, 0.05) is 13.5 Å². The van der Waals surface area contributed by atoms with E-state index < -0.39 is 48.4 Å². The van der Waals surface area contributed by atoms with Crippen LogP contribution in [0.15, 0.2) is 48.5 Å². The molecule has 2 aromatic rings. The molecule has 0 aliphatic rings. The monoisotopic (exact) mass is 498 g/mol. The van der Waals surface area contributed by atoms with Crippen LogP contribution in [-0.2, 0) is 32.0 Å². The van der Waals surface area contributed by atoms with Crippen LogP contribution in [0, 0.1) is 6.92 Å². The van der Waals surface area contributed by atoms with Gasteiger partial charge in [-0.3, -0.25) is 14.4 Å². The third-order valence-electron chi connectivity index (χ3n) is 5.86. The number of phenolic OH excluding ortho intramolecular Hbond substituents is 1. The molecule has 0 saturated carbocycles. The van der Waals surface area contributed by atoms with E-state index in [1.807, 2.05) is 25.1 Å². The summed E-state index contributed by atoms with van der Waals surface area (Å²) in [4.78, 5) is 50.6. The van der Waals surface area contributed by atoms with Crippen LogP contribution in [0.5, 0.6) is 5.75 Å². The first-order valence-corrected chi connectivity index (χ1v) is 11.6. The van der Waals surface area contributed by atoms with E-state index in [1.165, 1.54) is 26.1 Å². The van der Waals surface area contributed by atoms with E-state index in [0.29, 0.717) is 6.42 Å². The highest BCUT2D eigenvalue weighted by Gasteiger charge is 2.28. The highest BCUT2D eigenvalue weighted by atomic mass is 16.4. The number of aryl methyl sites for hydroxylation is 1. The number of amides is 3. The molecule has 10 nitrogen and oxygen atoms in total. The largest absolute Gasteiger partial charge is 0.508 e. The van der Waals surface area contributed by atoms with Gasteiger partial charge in [0.15, 0.2) is 0 Å². The summed E-state index contributed by atoms with van der Waals surface area (Å²) in [7, 11) is 3.01. The molecule has 0 aliphatic heterocycles. The summed E-state index contributed by atoms with van der Waals surface area (Å²) in [5, 5.41) is 27.0. The van der Waals surface area contributed by atoms with Crippen molar-refractivity contribution in [3.8, 4) is 5.75 Å². The number of carboxylic acid groups (broad SMARTS) is 1. The molecule has 3 atom stereocenters.